The molecule has 0 fully saturated rings. The molecule has 0 spiro atoms. The second kappa shape index (κ2) is 4.28. The average Bonchev–Trinajstić information content (AvgIpc) is 2.84. The van der Waals surface area contributed by atoms with Crippen LogP contribution < -0.4 is 0 Å². The number of hydrogen-bond acceptors (Lipinski definition) is 3. The number of benzene rings is 1. The molecule has 0 unspecified atom stereocenters. The van der Waals surface area contributed by atoms with E-state index in [1.54, 1.807) is 6.07 Å². The Morgan fingerprint density at radius 3 is 2.63 bits per heavy atom. The molecule has 5 heteroatoms. The van der Waals surface area contributed by atoms with Crippen LogP contribution in [0.4, 0.5) is 8.78 Å². The number of nitrogens with zero attached hydrogens (tertiary/aromatic N) is 1. The van der Waals surface area contributed by atoms with Crippen LogP contribution in [0.2, 0.25) is 0 Å². The molecule has 0 aliphatic heterocycles. The molecule has 0 aliphatic rings. The lowest BCUT2D eigenvalue weighted by Gasteiger charge is -1.97. The van der Waals surface area contributed by atoms with E-state index in [0.717, 1.165) is 6.07 Å². The smallest absolute Gasteiger partial charge is 0.249 e. The van der Waals surface area contributed by atoms with Crippen LogP contribution in [0.1, 0.15) is 16.2 Å². The summed E-state index contributed by atoms with van der Waals surface area (Å²) in [5.41, 5.74) is -0.371. The number of aromatic nitrogens is 1. The Bertz CT molecular complexity index is 780. The van der Waals surface area contributed by atoms with Gasteiger partial charge < -0.3 is 4.42 Å². The van der Waals surface area contributed by atoms with Crippen LogP contribution in [0.5, 0.6) is 0 Å². The molecule has 0 radical (unpaired) electrons. The lowest BCUT2D eigenvalue weighted by atomic mass is 10.2. The Morgan fingerprint density at radius 2 is 1.89 bits per heavy atom. The molecule has 94 valence electrons. The normalized spacial score (nSPS) is 10.8. The number of para-hydroxylation sites is 1. The van der Waals surface area contributed by atoms with Crippen LogP contribution in [0, 0.1) is 11.6 Å². The molecule has 19 heavy (non-hydrogen) atoms. The number of hydrogen-bond donors (Lipinski definition) is 0. The maximum atomic E-state index is 13.5. The fourth-order valence-corrected chi connectivity index (χ4v) is 1.81. The molecule has 3 aromatic rings. The largest absolute Gasteiger partial charge is 0.449 e. The van der Waals surface area contributed by atoms with Crippen molar-refractivity contribution in [2.24, 2.45) is 0 Å². The van der Waals surface area contributed by atoms with Gasteiger partial charge in [-0.25, -0.2) is 13.8 Å². The lowest BCUT2D eigenvalue weighted by molar-refractivity contribution is 0.100. The third kappa shape index (κ3) is 1.89. The Hall–Kier alpha value is -2.56. The van der Waals surface area contributed by atoms with Crippen molar-refractivity contribution in [1.82, 2.24) is 4.98 Å². The van der Waals surface area contributed by atoms with E-state index in [1.165, 1.54) is 30.5 Å². The molecule has 3 rings (SSSR count). The van der Waals surface area contributed by atoms with Crippen LogP contribution in [0.3, 0.4) is 0 Å². The molecule has 0 atom stereocenters. The number of ketones is 1. The van der Waals surface area contributed by atoms with E-state index < -0.39 is 17.4 Å². The maximum absolute atomic E-state index is 13.5. The van der Waals surface area contributed by atoms with Gasteiger partial charge in [0.15, 0.2) is 23.0 Å². The van der Waals surface area contributed by atoms with E-state index in [0.29, 0.717) is 5.39 Å². The van der Waals surface area contributed by atoms with E-state index in [4.69, 9.17) is 4.42 Å². The first-order valence-corrected chi connectivity index (χ1v) is 5.50. The molecular formula is C14H7F2NO2. The van der Waals surface area contributed by atoms with Crippen molar-refractivity contribution in [1.29, 1.82) is 0 Å². The van der Waals surface area contributed by atoms with E-state index in [-0.39, 0.29) is 17.0 Å². The highest BCUT2D eigenvalue weighted by atomic mass is 19.1. The van der Waals surface area contributed by atoms with Gasteiger partial charge in [0.05, 0.1) is 0 Å². The van der Waals surface area contributed by atoms with Crippen LogP contribution in [0.15, 0.2) is 47.0 Å². The SMILES string of the molecule is O=C(c1cc2cccc(F)c2o1)c1ncccc1F. The van der Waals surface area contributed by atoms with Gasteiger partial charge in [-0.2, -0.15) is 0 Å². The Morgan fingerprint density at radius 1 is 1.11 bits per heavy atom. The molecule has 0 saturated heterocycles. The third-order valence-electron chi connectivity index (χ3n) is 2.69. The lowest BCUT2D eigenvalue weighted by Crippen LogP contribution is -2.05. The number of furan rings is 1. The van der Waals surface area contributed by atoms with Crippen molar-refractivity contribution in [2.45, 2.75) is 0 Å². The zero-order chi connectivity index (χ0) is 13.4. The summed E-state index contributed by atoms with van der Waals surface area (Å²) in [7, 11) is 0. The fourth-order valence-electron chi connectivity index (χ4n) is 1.81. The van der Waals surface area contributed by atoms with Crippen molar-refractivity contribution in [3.8, 4) is 0 Å². The first-order chi connectivity index (χ1) is 9.16. The van der Waals surface area contributed by atoms with Gasteiger partial charge in [0.25, 0.3) is 0 Å². The molecular weight excluding hydrogens is 252 g/mol. The Kier molecular flexibility index (Phi) is 2.59. The molecule has 3 nitrogen and oxygen atoms in total. The summed E-state index contributed by atoms with van der Waals surface area (Å²) in [5.74, 6) is -2.17. The summed E-state index contributed by atoms with van der Waals surface area (Å²) >= 11 is 0. The minimum absolute atomic E-state index is 0.0258. The van der Waals surface area contributed by atoms with E-state index in [9.17, 15) is 13.6 Å². The molecule has 0 saturated carbocycles. The Balaban J connectivity index is 2.12. The number of carbonyl (C=O) groups excluding carboxylic acids is 1. The number of pyridine rings is 1. The molecule has 0 aliphatic carbocycles. The van der Waals surface area contributed by atoms with Gasteiger partial charge in [-0.1, -0.05) is 12.1 Å². The van der Waals surface area contributed by atoms with Crippen LogP contribution in [-0.4, -0.2) is 10.8 Å². The Labute approximate surface area is 106 Å². The molecule has 1 aromatic carbocycles. The summed E-state index contributed by atoms with van der Waals surface area (Å²) in [5, 5.41) is 0.444. The number of fused-ring (bicyclic) bond motifs is 1. The van der Waals surface area contributed by atoms with Crippen molar-refractivity contribution in [3.05, 3.63) is 65.7 Å². The van der Waals surface area contributed by atoms with Crippen LogP contribution >= 0.6 is 0 Å². The van der Waals surface area contributed by atoms with Crippen molar-refractivity contribution in [2.75, 3.05) is 0 Å². The minimum Gasteiger partial charge on any atom is -0.449 e. The maximum Gasteiger partial charge on any atom is 0.249 e. The third-order valence-corrected chi connectivity index (χ3v) is 2.69. The predicted octanol–water partition coefficient (Wildman–Crippen LogP) is 3.34. The highest BCUT2D eigenvalue weighted by Crippen LogP contribution is 2.23. The quantitative estimate of drug-likeness (QED) is 0.663. The molecule has 0 bridgehead atoms. The monoisotopic (exact) mass is 259 g/mol. The van der Waals surface area contributed by atoms with Gasteiger partial charge in [0.1, 0.15) is 5.69 Å². The van der Waals surface area contributed by atoms with Gasteiger partial charge in [0.2, 0.25) is 5.78 Å². The summed E-state index contributed by atoms with van der Waals surface area (Å²) in [6.45, 7) is 0. The number of halogens is 2. The van der Waals surface area contributed by atoms with Gasteiger partial charge in [-0.05, 0) is 24.3 Å². The van der Waals surface area contributed by atoms with E-state index >= 15 is 0 Å². The highest BCUT2D eigenvalue weighted by molar-refractivity contribution is 6.07. The molecule has 2 aromatic heterocycles. The molecule has 0 N–H and O–H groups in total. The highest BCUT2D eigenvalue weighted by Gasteiger charge is 2.20. The summed E-state index contributed by atoms with van der Waals surface area (Å²) < 4.78 is 32.1. The second-order valence-electron chi connectivity index (χ2n) is 3.93. The molecule has 2 heterocycles. The summed E-state index contributed by atoms with van der Waals surface area (Å²) in [4.78, 5) is 15.7. The predicted molar refractivity (Wildman–Crippen MR) is 63.8 cm³/mol. The van der Waals surface area contributed by atoms with E-state index in [1.807, 2.05) is 0 Å². The van der Waals surface area contributed by atoms with Gasteiger partial charge in [-0.15, -0.1) is 0 Å². The van der Waals surface area contributed by atoms with Gasteiger partial charge in [0, 0.05) is 11.6 Å². The van der Waals surface area contributed by atoms with E-state index in [2.05, 4.69) is 4.98 Å². The van der Waals surface area contributed by atoms with Crippen molar-refractivity contribution < 1.29 is 18.0 Å². The second-order valence-corrected chi connectivity index (χ2v) is 3.93. The topological polar surface area (TPSA) is 43.1 Å². The minimum atomic E-state index is -0.742. The van der Waals surface area contributed by atoms with Crippen LogP contribution in [-0.2, 0) is 0 Å². The molecule has 0 amide bonds. The van der Waals surface area contributed by atoms with Crippen molar-refractivity contribution >= 4 is 16.8 Å². The van der Waals surface area contributed by atoms with Crippen molar-refractivity contribution in [3.63, 3.8) is 0 Å². The number of carbonyl (C=O) groups is 1. The fraction of sp³-hybridized carbons (Fsp3) is 0. The first-order valence-electron chi connectivity index (χ1n) is 5.50. The average molecular weight is 259 g/mol. The van der Waals surface area contributed by atoms with Gasteiger partial charge in [-0.3, -0.25) is 4.79 Å². The zero-order valence-electron chi connectivity index (χ0n) is 9.56. The first kappa shape index (κ1) is 11.5. The van der Waals surface area contributed by atoms with Gasteiger partial charge >= 0.3 is 0 Å². The number of rotatable bonds is 2. The standard InChI is InChI=1S/C14H7F2NO2/c15-9-5-2-6-17-12(9)13(18)11-7-8-3-1-4-10(16)14(8)19-11/h1-7H. The zero-order valence-corrected chi connectivity index (χ0v) is 9.56. The summed E-state index contributed by atoms with van der Waals surface area (Å²) in [6, 6.07) is 8.21. The van der Waals surface area contributed by atoms with Crippen LogP contribution in [0.25, 0.3) is 11.0 Å². The summed E-state index contributed by atoms with van der Waals surface area (Å²) in [6.07, 6.45) is 1.31.